The summed E-state index contributed by atoms with van der Waals surface area (Å²) in [5.74, 6) is 0.618. The van der Waals surface area contributed by atoms with Crippen LogP contribution in [-0.2, 0) is 13.6 Å². The van der Waals surface area contributed by atoms with Crippen LogP contribution in [0, 0.1) is 11.3 Å². The zero-order chi connectivity index (χ0) is 18.3. The number of phosphoric acid groups is 1. The van der Waals surface area contributed by atoms with Crippen molar-refractivity contribution in [3.63, 3.8) is 0 Å². The molecule has 0 atom stereocenters. The quantitative estimate of drug-likeness (QED) is 0.650. The maximum atomic E-state index is 12.5. The molecule has 0 bridgehead atoms. The van der Waals surface area contributed by atoms with Gasteiger partial charge in [0.15, 0.2) is 0 Å². The van der Waals surface area contributed by atoms with E-state index in [9.17, 15) is 9.83 Å². The van der Waals surface area contributed by atoms with Gasteiger partial charge in [-0.25, -0.2) is 9.55 Å². The van der Waals surface area contributed by atoms with Gasteiger partial charge in [-0.2, -0.15) is 5.26 Å². The Hall–Kier alpha value is -2.39. The highest BCUT2D eigenvalue weighted by Crippen LogP contribution is 2.49. The van der Waals surface area contributed by atoms with E-state index in [1.807, 2.05) is 18.2 Å². The highest BCUT2D eigenvalue weighted by atomic mass is 31.2. The molecule has 0 aliphatic carbocycles. The van der Waals surface area contributed by atoms with Crippen LogP contribution in [0.2, 0.25) is 0 Å². The van der Waals surface area contributed by atoms with Crippen LogP contribution in [0.3, 0.4) is 0 Å². The van der Waals surface area contributed by atoms with E-state index in [0.29, 0.717) is 11.4 Å². The fourth-order valence-electron chi connectivity index (χ4n) is 2.03. The fourth-order valence-corrected chi connectivity index (χ4v) is 3.19. The van der Waals surface area contributed by atoms with Crippen LogP contribution in [0.1, 0.15) is 19.4 Å². The summed E-state index contributed by atoms with van der Waals surface area (Å²) in [7, 11) is -2.26. The van der Waals surface area contributed by atoms with Gasteiger partial charge in [-0.1, -0.05) is 0 Å². The van der Waals surface area contributed by atoms with Crippen LogP contribution in [0.25, 0.3) is 11.3 Å². The maximum absolute atomic E-state index is 12.5. The molecule has 7 nitrogen and oxygen atoms in total. The number of pyridine rings is 1. The van der Waals surface area contributed by atoms with Gasteiger partial charge >= 0.3 is 7.82 Å². The lowest BCUT2D eigenvalue weighted by Gasteiger charge is -2.17. The molecule has 1 aromatic carbocycles. The number of rotatable bonds is 8. The third-order valence-corrected chi connectivity index (χ3v) is 4.68. The van der Waals surface area contributed by atoms with Gasteiger partial charge in [0.1, 0.15) is 17.4 Å². The Balaban J connectivity index is 2.39. The van der Waals surface area contributed by atoms with Gasteiger partial charge in [0.2, 0.25) is 5.88 Å². The number of ether oxygens (including phenoxy) is 1. The molecule has 0 amide bonds. The SMILES string of the molecule is CCOP(=O)(OCC)Oc1nc(-c2ccc(OC)cc2)ccc1C#N. The van der Waals surface area contributed by atoms with Gasteiger partial charge < -0.3 is 9.26 Å². The van der Waals surface area contributed by atoms with E-state index in [1.165, 1.54) is 0 Å². The molecular weight excluding hydrogens is 343 g/mol. The first kappa shape index (κ1) is 18.9. The normalized spacial score (nSPS) is 11.0. The topological polar surface area (TPSA) is 90.7 Å². The standard InChI is InChI=1S/C17H19N2O5P/c1-4-22-25(20,23-5-2)24-17-14(12-18)8-11-16(19-17)13-6-9-15(21-3)10-7-13/h6-11H,4-5H2,1-3H3. The summed E-state index contributed by atoms with van der Waals surface area (Å²) in [5, 5.41) is 9.25. The molecule has 1 aromatic heterocycles. The van der Waals surface area contributed by atoms with Crippen LogP contribution >= 0.6 is 7.82 Å². The molecule has 132 valence electrons. The first-order valence-corrected chi connectivity index (χ1v) is 9.15. The average molecular weight is 362 g/mol. The van der Waals surface area contributed by atoms with E-state index in [-0.39, 0.29) is 24.7 Å². The summed E-state index contributed by atoms with van der Waals surface area (Å²) < 4.78 is 33.2. The second-order valence-electron chi connectivity index (χ2n) is 4.76. The maximum Gasteiger partial charge on any atom is 0.531 e. The Morgan fingerprint density at radius 3 is 2.24 bits per heavy atom. The lowest BCUT2D eigenvalue weighted by Crippen LogP contribution is -2.05. The number of phosphoric ester groups is 1. The number of nitrogens with zero attached hydrogens (tertiary/aromatic N) is 2. The molecule has 25 heavy (non-hydrogen) atoms. The van der Waals surface area contributed by atoms with Gasteiger partial charge in [0.05, 0.1) is 26.0 Å². The molecule has 0 aliphatic heterocycles. The second kappa shape index (κ2) is 8.63. The molecule has 0 saturated carbocycles. The summed E-state index contributed by atoms with van der Waals surface area (Å²) in [6.07, 6.45) is 0. The van der Waals surface area contributed by atoms with E-state index in [4.69, 9.17) is 18.3 Å². The monoisotopic (exact) mass is 362 g/mol. The summed E-state index contributed by atoms with van der Waals surface area (Å²) >= 11 is 0. The molecule has 8 heteroatoms. The average Bonchev–Trinajstić information content (AvgIpc) is 2.62. The molecule has 0 spiro atoms. The Kier molecular flexibility index (Phi) is 6.54. The number of hydrogen-bond donors (Lipinski definition) is 0. The van der Waals surface area contributed by atoms with E-state index >= 15 is 0 Å². The van der Waals surface area contributed by atoms with E-state index < -0.39 is 7.82 Å². The molecule has 0 saturated heterocycles. The molecule has 2 rings (SSSR count). The van der Waals surface area contributed by atoms with Crippen molar-refractivity contribution in [2.75, 3.05) is 20.3 Å². The lowest BCUT2D eigenvalue weighted by molar-refractivity contribution is 0.166. The molecule has 0 radical (unpaired) electrons. The minimum Gasteiger partial charge on any atom is -0.497 e. The van der Waals surface area contributed by atoms with Gasteiger partial charge in [-0.05, 0) is 50.2 Å². The summed E-state index contributed by atoms with van der Waals surface area (Å²) in [6, 6.07) is 12.4. The predicted octanol–water partition coefficient (Wildman–Crippen LogP) is 4.19. The molecule has 1 heterocycles. The van der Waals surface area contributed by atoms with Crippen molar-refractivity contribution in [3.05, 3.63) is 42.0 Å². The van der Waals surface area contributed by atoms with Crippen molar-refractivity contribution in [2.45, 2.75) is 13.8 Å². The van der Waals surface area contributed by atoms with Crippen LogP contribution in [0.4, 0.5) is 0 Å². The third-order valence-electron chi connectivity index (χ3n) is 3.14. The number of aromatic nitrogens is 1. The van der Waals surface area contributed by atoms with Gasteiger partial charge in [-0.3, -0.25) is 9.05 Å². The third kappa shape index (κ3) is 4.80. The fraction of sp³-hybridized carbons (Fsp3) is 0.294. The molecule has 0 N–H and O–H groups in total. The molecule has 0 aliphatic rings. The smallest absolute Gasteiger partial charge is 0.497 e. The largest absolute Gasteiger partial charge is 0.531 e. The first-order chi connectivity index (χ1) is 12.0. The minimum atomic E-state index is -3.84. The van der Waals surface area contributed by atoms with Gasteiger partial charge in [0, 0.05) is 5.56 Å². The van der Waals surface area contributed by atoms with Crippen LogP contribution in [-0.4, -0.2) is 25.3 Å². The van der Waals surface area contributed by atoms with Gasteiger partial charge in [0.25, 0.3) is 0 Å². The second-order valence-corrected chi connectivity index (χ2v) is 6.36. The summed E-state index contributed by atoms with van der Waals surface area (Å²) in [5.41, 5.74) is 1.48. The zero-order valence-corrected chi connectivity index (χ0v) is 15.2. The van der Waals surface area contributed by atoms with Crippen molar-refractivity contribution >= 4 is 7.82 Å². The minimum absolute atomic E-state index is 0.0962. The zero-order valence-electron chi connectivity index (χ0n) is 14.3. The Morgan fingerprint density at radius 1 is 1.08 bits per heavy atom. The molecule has 0 unspecified atom stereocenters. The Labute approximate surface area is 146 Å². The molecular formula is C17H19N2O5P. The van der Waals surface area contributed by atoms with Crippen molar-refractivity contribution < 1.29 is 22.9 Å². The predicted molar refractivity (Wildman–Crippen MR) is 92.4 cm³/mol. The van der Waals surface area contributed by atoms with Crippen molar-refractivity contribution in [1.82, 2.24) is 4.98 Å². The Morgan fingerprint density at radius 2 is 1.72 bits per heavy atom. The summed E-state index contributed by atoms with van der Waals surface area (Å²) in [6.45, 7) is 3.61. The van der Waals surface area contributed by atoms with E-state index in [2.05, 4.69) is 4.98 Å². The number of hydrogen-bond acceptors (Lipinski definition) is 7. The van der Waals surface area contributed by atoms with Crippen LogP contribution < -0.4 is 9.26 Å². The molecule has 0 fully saturated rings. The van der Waals surface area contributed by atoms with Crippen LogP contribution in [0.5, 0.6) is 11.6 Å². The van der Waals surface area contributed by atoms with Crippen molar-refractivity contribution in [1.29, 1.82) is 5.26 Å². The highest BCUT2D eigenvalue weighted by Gasteiger charge is 2.29. The van der Waals surface area contributed by atoms with E-state index in [1.54, 1.807) is 45.2 Å². The van der Waals surface area contributed by atoms with Crippen molar-refractivity contribution in [3.8, 4) is 29.0 Å². The number of nitriles is 1. The number of methoxy groups -OCH3 is 1. The lowest BCUT2D eigenvalue weighted by atomic mass is 10.1. The van der Waals surface area contributed by atoms with Crippen LogP contribution in [0.15, 0.2) is 36.4 Å². The highest BCUT2D eigenvalue weighted by molar-refractivity contribution is 7.48. The summed E-state index contributed by atoms with van der Waals surface area (Å²) in [4.78, 5) is 4.30. The Bertz CT molecular complexity index is 792. The van der Waals surface area contributed by atoms with Crippen molar-refractivity contribution in [2.24, 2.45) is 0 Å². The molecule has 2 aromatic rings. The van der Waals surface area contributed by atoms with E-state index in [0.717, 1.165) is 5.56 Å². The first-order valence-electron chi connectivity index (χ1n) is 7.69. The van der Waals surface area contributed by atoms with Gasteiger partial charge in [-0.15, -0.1) is 0 Å². The number of benzene rings is 1.